The van der Waals surface area contributed by atoms with Crippen LogP contribution in [0.15, 0.2) is 59.3 Å². The molecule has 4 rings (SSSR count). The number of oxazole rings is 1. The molecule has 2 heterocycles. The maximum atomic E-state index is 13.8. The minimum atomic E-state index is -0.749. The number of carbonyl (C=O) groups excluding carboxylic acids is 1. The predicted octanol–water partition coefficient (Wildman–Crippen LogP) is 5.38. The van der Waals surface area contributed by atoms with Gasteiger partial charge in [-0.05, 0) is 29.8 Å². The normalized spacial score (nSPS) is 10.9. The lowest BCUT2D eigenvalue weighted by Gasteiger charge is -2.01. The van der Waals surface area contributed by atoms with Crippen LogP contribution in [0, 0.1) is 17.5 Å². The smallest absolute Gasteiger partial charge is 0.226 e. The number of carbonyl (C=O) groups is 1. The lowest BCUT2D eigenvalue weighted by molar-refractivity contribution is -0.116. The molecule has 0 saturated carbocycles. The number of aromatic nitrogens is 2. The first-order valence-electron chi connectivity index (χ1n) is 9.35. The van der Waals surface area contributed by atoms with Crippen LogP contribution in [0.4, 0.5) is 18.3 Å². The predicted molar refractivity (Wildman–Crippen MR) is 110 cm³/mol. The maximum absolute atomic E-state index is 13.8. The van der Waals surface area contributed by atoms with Crippen molar-refractivity contribution < 1.29 is 22.4 Å². The summed E-state index contributed by atoms with van der Waals surface area (Å²) in [5.41, 5.74) is 1.04. The van der Waals surface area contributed by atoms with Crippen molar-refractivity contribution in [1.29, 1.82) is 0 Å². The highest BCUT2D eigenvalue weighted by atomic mass is 32.1. The molecule has 0 unspecified atom stereocenters. The third-order valence-electron chi connectivity index (χ3n) is 4.41. The third-order valence-corrected chi connectivity index (χ3v) is 5.32. The number of hydrogen-bond acceptors (Lipinski definition) is 5. The van der Waals surface area contributed by atoms with E-state index in [0.29, 0.717) is 11.6 Å². The van der Waals surface area contributed by atoms with Crippen molar-refractivity contribution in [2.45, 2.75) is 19.3 Å². The number of anilines is 1. The van der Waals surface area contributed by atoms with Crippen molar-refractivity contribution in [3.8, 4) is 11.3 Å². The molecule has 0 bridgehead atoms. The van der Waals surface area contributed by atoms with Gasteiger partial charge in [0, 0.05) is 36.4 Å². The summed E-state index contributed by atoms with van der Waals surface area (Å²) in [5.74, 6) is -1.55. The molecule has 0 aliphatic heterocycles. The van der Waals surface area contributed by atoms with Gasteiger partial charge in [-0.3, -0.25) is 4.79 Å². The molecule has 0 radical (unpaired) electrons. The summed E-state index contributed by atoms with van der Waals surface area (Å²) in [6.45, 7) is 0. The molecular formula is C22H16F3N3O2S. The molecule has 0 spiro atoms. The third kappa shape index (κ3) is 5.37. The Morgan fingerprint density at radius 2 is 1.77 bits per heavy atom. The van der Waals surface area contributed by atoms with Crippen LogP contribution >= 0.6 is 11.3 Å². The van der Waals surface area contributed by atoms with Crippen LogP contribution in [0.1, 0.15) is 22.8 Å². The average molecular weight is 443 g/mol. The fourth-order valence-corrected chi connectivity index (χ4v) is 3.76. The number of nitrogens with one attached hydrogen (secondary N) is 1. The van der Waals surface area contributed by atoms with E-state index in [4.69, 9.17) is 4.42 Å². The first-order valence-corrected chi connectivity index (χ1v) is 10.2. The van der Waals surface area contributed by atoms with Gasteiger partial charge in [0.05, 0.1) is 11.8 Å². The number of hydrogen-bond donors (Lipinski definition) is 1. The molecule has 2 aromatic heterocycles. The van der Waals surface area contributed by atoms with E-state index < -0.39 is 11.6 Å². The van der Waals surface area contributed by atoms with Crippen LogP contribution in [-0.4, -0.2) is 15.9 Å². The van der Waals surface area contributed by atoms with E-state index in [1.165, 1.54) is 35.7 Å². The molecular weight excluding hydrogens is 427 g/mol. The van der Waals surface area contributed by atoms with Crippen LogP contribution in [0.5, 0.6) is 0 Å². The molecule has 4 aromatic rings. The molecule has 0 aliphatic carbocycles. The Morgan fingerprint density at radius 3 is 2.55 bits per heavy atom. The molecule has 2 aromatic carbocycles. The summed E-state index contributed by atoms with van der Waals surface area (Å²) in [6.07, 6.45) is 3.90. The maximum Gasteiger partial charge on any atom is 0.226 e. The standard InChI is InChI=1S/C22H16F3N3O2S/c23-14-3-1-13(2-4-14)9-16-11-27-22(31-16)28-20(29)7-8-21-26-12-19(30-21)17-6-5-15(24)10-18(17)25/h1-6,10-12H,7-9H2,(H,27,28,29). The van der Waals surface area contributed by atoms with Gasteiger partial charge in [0.1, 0.15) is 17.5 Å². The quantitative estimate of drug-likeness (QED) is 0.417. The second-order valence-electron chi connectivity index (χ2n) is 6.73. The summed E-state index contributed by atoms with van der Waals surface area (Å²) in [6, 6.07) is 9.38. The van der Waals surface area contributed by atoms with Crippen molar-refractivity contribution in [2.75, 3.05) is 5.32 Å². The van der Waals surface area contributed by atoms with Crippen molar-refractivity contribution in [3.63, 3.8) is 0 Å². The second kappa shape index (κ2) is 9.13. The first kappa shape index (κ1) is 20.8. The van der Waals surface area contributed by atoms with Gasteiger partial charge in [0.25, 0.3) is 0 Å². The number of halogens is 3. The van der Waals surface area contributed by atoms with Crippen LogP contribution in [0.3, 0.4) is 0 Å². The first-order chi connectivity index (χ1) is 15.0. The molecule has 31 heavy (non-hydrogen) atoms. The summed E-state index contributed by atoms with van der Waals surface area (Å²) < 4.78 is 45.3. The zero-order valence-corrected chi connectivity index (χ0v) is 16.9. The topological polar surface area (TPSA) is 68.0 Å². The fraction of sp³-hybridized carbons (Fsp3) is 0.136. The Labute approximate surface area is 179 Å². The van der Waals surface area contributed by atoms with Gasteiger partial charge in [-0.15, -0.1) is 11.3 Å². The lowest BCUT2D eigenvalue weighted by atomic mass is 10.1. The number of thiazole rings is 1. The second-order valence-corrected chi connectivity index (χ2v) is 7.84. The molecule has 1 N–H and O–H groups in total. The average Bonchev–Trinajstić information content (AvgIpc) is 3.38. The zero-order chi connectivity index (χ0) is 21.8. The Bertz CT molecular complexity index is 1200. The van der Waals surface area contributed by atoms with E-state index in [2.05, 4.69) is 15.3 Å². The molecule has 1 amide bonds. The molecule has 158 valence electrons. The lowest BCUT2D eigenvalue weighted by Crippen LogP contribution is -2.12. The van der Waals surface area contributed by atoms with Gasteiger partial charge in [0.2, 0.25) is 5.91 Å². The molecule has 0 saturated heterocycles. The monoisotopic (exact) mass is 443 g/mol. The van der Waals surface area contributed by atoms with Gasteiger partial charge in [0.15, 0.2) is 16.8 Å². The number of nitrogens with zero attached hydrogens (tertiary/aromatic N) is 2. The number of benzene rings is 2. The minimum absolute atomic E-state index is 0.0960. The Balaban J connectivity index is 1.30. The van der Waals surface area contributed by atoms with E-state index in [0.717, 1.165) is 22.6 Å². The number of rotatable bonds is 7. The summed E-state index contributed by atoms with van der Waals surface area (Å²) in [4.78, 5) is 21.4. The number of aryl methyl sites for hydroxylation is 1. The molecule has 0 aliphatic rings. The highest BCUT2D eigenvalue weighted by Gasteiger charge is 2.14. The largest absolute Gasteiger partial charge is 0.441 e. The minimum Gasteiger partial charge on any atom is -0.441 e. The SMILES string of the molecule is O=C(CCc1ncc(-c2ccc(F)cc2F)o1)Nc1ncc(Cc2ccc(F)cc2)s1. The summed E-state index contributed by atoms with van der Waals surface area (Å²) in [5, 5.41) is 3.18. The molecule has 0 atom stereocenters. The van der Waals surface area contributed by atoms with Gasteiger partial charge in [-0.1, -0.05) is 12.1 Å². The van der Waals surface area contributed by atoms with Gasteiger partial charge in [-0.25, -0.2) is 23.1 Å². The van der Waals surface area contributed by atoms with Gasteiger partial charge in [-0.2, -0.15) is 0 Å². The highest BCUT2D eigenvalue weighted by molar-refractivity contribution is 7.15. The van der Waals surface area contributed by atoms with E-state index in [-0.39, 0.29) is 41.8 Å². The zero-order valence-electron chi connectivity index (χ0n) is 16.1. The van der Waals surface area contributed by atoms with Crippen molar-refractivity contribution in [3.05, 3.63) is 88.6 Å². The van der Waals surface area contributed by atoms with Crippen LogP contribution < -0.4 is 5.32 Å². The van der Waals surface area contributed by atoms with E-state index in [9.17, 15) is 18.0 Å². The Kier molecular flexibility index (Phi) is 6.13. The van der Waals surface area contributed by atoms with Crippen molar-refractivity contribution >= 4 is 22.4 Å². The molecule has 5 nitrogen and oxygen atoms in total. The van der Waals surface area contributed by atoms with Crippen LogP contribution in [-0.2, 0) is 17.6 Å². The van der Waals surface area contributed by atoms with Crippen LogP contribution in [0.2, 0.25) is 0 Å². The number of amides is 1. The van der Waals surface area contributed by atoms with Gasteiger partial charge < -0.3 is 9.73 Å². The summed E-state index contributed by atoms with van der Waals surface area (Å²) in [7, 11) is 0. The van der Waals surface area contributed by atoms with E-state index >= 15 is 0 Å². The fourth-order valence-electron chi connectivity index (χ4n) is 2.89. The van der Waals surface area contributed by atoms with E-state index in [1.54, 1.807) is 18.3 Å². The van der Waals surface area contributed by atoms with Crippen molar-refractivity contribution in [2.24, 2.45) is 0 Å². The Morgan fingerprint density at radius 1 is 1.00 bits per heavy atom. The van der Waals surface area contributed by atoms with Crippen molar-refractivity contribution in [1.82, 2.24) is 9.97 Å². The Hall–Kier alpha value is -3.46. The molecule has 0 fully saturated rings. The molecule has 9 heteroatoms. The van der Waals surface area contributed by atoms with E-state index in [1.807, 2.05) is 0 Å². The van der Waals surface area contributed by atoms with Crippen LogP contribution in [0.25, 0.3) is 11.3 Å². The highest BCUT2D eigenvalue weighted by Crippen LogP contribution is 2.25. The summed E-state index contributed by atoms with van der Waals surface area (Å²) >= 11 is 1.34. The van der Waals surface area contributed by atoms with Gasteiger partial charge >= 0.3 is 0 Å².